The number of hydrogen-bond donors (Lipinski definition) is 0. The van der Waals surface area contributed by atoms with Crippen molar-refractivity contribution < 1.29 is 13.9 Å². The van der Waals surface area contributed by atoms with Crippen molar-refractivity contribution in [3.05, 3.63) is 130 Å². The summed E-state index contributed by atoms with van der Waals surface area (Å²) in [5.74, 6) is 2.10. The molecule has 0 atom stereocenters. The maximum Gasteiger partial charge on any atom is 0.196 e. The SMILES string of the molecule is COc1ccc(Cc2oc3cc(OC)ccc3c(=O)c2Cc2ccc(-c3ccccc3)cc2)cc1. The van der Waals surface area contributed by atoms with E-state index in [0.717, 1.165) is 22.4 Å². The maximum atomic E-state index is 13.6. The third-order valence-electron chi connectivity index (χ3n) is 6.24. The van der Waals surface area contributed by atoms with Gasteiger partial charge in [-0.2, -0.15) is 0 Å². The van der Waals surface area contributed by atoms with Crippen molar-refractivity contribution in [3.8, 4) is 22.6 Å². The summed E-state index contributed by atoms with van der Waals surface area (Å²) in [7, 11) is 3.25. The first-order valence-electron chi connectivity index (χ1n) is 11.5. The van der Waals surface area contributed by atoms with Gasteiger partial charge in [0.2, 0.25) is 0 Å². The van der Waals surface area contributed by atoms with Gasteiger partial charge in [0.15, 0.2) is 5.43 Å². The zero-order valence-electron chi connectivity index (χ0n) is 19.8. The molecule has 1 aromatic heterocycles. The van der Waals surface area contributed by atoms with Gasteiger partial charge in [-0.15, -0.1) is 0 Å². The summed E-state index contributed by atoms with van der Waals surface area (Å²) in [6, 6.07) is 31.8. The second-order valence-corrected chi connectivity index (χ2v) is 8.46. The van der Waals surface area contributed by atoms with Crippen molar-refractivity contribution in [1.82, 2.24) is 0 Å². The van der Waals surface area contributed by atoms with E-state index >= 15 is 0 Å². The highest BCUT2D eigenvalue weighted by Gasteiger charge is 2.16. The second kappa shape index (κ2) is 9.90. The van der Waals surface area contributed by atoms with Gasteiger partial charge in [0.25, 0.3) is 0 Å². The molecule has 0 amide bonds. The molecule has 0 N–H and O–H groups in total. The predicted octanol–water partition coefficient (Wildman–Crippen LogP) is 6.66. The average Bonchev–Trinajstić information content (AvgIpc) is 2.92. The molecule has 5 rings (SSSR count). The number of fused-ring (bicyclic) bond motifs is 1. The van der Waals surface area contributed by atoms with E-state index in [2.05, 4.69) is 36.4 Å². The van der Waals surface area contributed by atoms with Crippen molar-refractivity contribution in [2.75, 3.05) is 14.2 Å². The molecule has 0 bridgehead atoms. The molecule has 5 aromatic rings. The third-order valence-corrected chi connectivity index (χ3v) is 6.24. The maximum absolute atomic E-state index is 13.6. The van der Waals surface area contributed by atoms with E-state index in [4.69, 9.17) is 13.9 Å². The van der Waals surface area contributed by atoms with Gasteiger partial charge in [-0.05, 0) is 46.5 Å². The summed E-state index contributed by atoms with van der Waals surface area (Å²) < 4.78 is 17.0. The van der Waals surface area contributed by atoms with E-state index in [1.807, 2.05) is 42.5 Å². The van der Waals surface area contributed by atoms with Crippen molar-refractivity contribution in [2.45, 2.75) is 12.8 Å². The minimum atomic E-state index is -0.00968. The van der Waals surface area contributed by atoms with Crippen LogP contribution in [-0.2, 0) is 12.8 Å². The average molecular weight is 463 g/mol. The Bertz CT molecular complexity index is 1500. The summed E-state index contributed by atoms with van der Waals surface area (Å²) in [5.41, 5.74) is 5.60. The molecule has 4 nitrogen and oxygen atoms in total. The van der Waals surface area contributed by atoms with Crippen molar-refractivity contribution >= 4 is 11.0 Å². The minimum Gasteiger partial charge on any atom is -0.497 e. The molecule has 0 aliphatic carbocycles. The van der Waals surface area contributed by atoms with Crippen LogP contribution in [0.4, 0.5) is 0 Å². The fourth-order valence-electron chi connectivity index (χ4n) is 4.29. The Kier molecular flexibility index (Phi) is 6.36. The van der Waals surface area contributed by atoms with Crippen LogP contribution in [0.1, 0.15) is 22.5 Å². The molecule has 0 aliphatic heterocycles. The first-order chi connectivity index (χ1) is 17.1. The highest BCUT2D eigenvalue weighted by molar-refractivity contribution is 5.79. The summed E-state index contributed by atoms with van der Waals surface area (Å²) in [4.78, 5) is 13.6. The Balaban J connectivity index is 1.54. The lowest BCUT2D eigenvalue weighted by molar-refractivity contribution is 0.413. The van der Waals surface area contributed by atoms with E-state index in [9.17, 15) is 4.79 Å². The Morgan fingerprint density at radius 1 is 0.657 bits per heavy atom. The zero-order chi connectivity index (χ0) is 24.2. The van der Waals surface area contributed by atoms with E-state index in [1.165, 1.54) is 5.56 Å². The normalized spacial score (nSPS) is 10.9. The number of rotatable bonds is 7. The number of benzene rings is 4. The molecule has 0 aliphatic rings. The summed E-state index contributed by atoms with van der Waals surface area (Å²) in [5, 5.41) is 0.556. The molecule has 0 fully saturated rings. The van der Waals surface area contributed by atoms with E-state index in [1.54, 1.807) is 32.4 Å². The largest absolute Gasteiger partial charge is 0.497 e. The van der Waals surface area contributed by atoms with Crippen molar-refractivity contribution in [3.63, 3.8) is 0 Å². The Morgan fingerprint density at radius 3 is 1.94 bits per heavy atom. The molecular weight excluding hydrogens is 436 g/mol. The fourth-order valence-corrected chi connectivity index (χ4v) is 4.29. The molecule has 35 heavy (non-hydrogen) atoms. The smallest absolute Gasteiger partial charge is 0.196 e. The molecule has 0 saturated carbocycles. The molecule has 4 aromatic carbocycles. The zero-order valence-corrected chi connectivity index (χ0v) is 19.8. The fraction of sp³-hybridized carbons (Fsp3) is 0.129. The van der Waals surface area contributed by atoms with Crippen LogP contribution in [0, 0.1) is 0 Å². The van der Waals surface area contributed by atoms with Crippen LogP contribution in [0.25, 0.3) is 22.1 Å². The molecule has 174 valence electrons. The number of methoxy groups -OCH3 is 2. The first-order valence-corrected chi connectivity index (χ1v) is 11.5. The molecule has 0 saturated heterocycles. The van der Waals surface area contributed by atoms with Crippen LogP contribution >= 0.6 is 0 Å². The van der Waals surface area contributed by atoms with Gasteiger partial charge in [0.05, 0.1) is 19.6 Å². The highest BCUT2D eigenvalue weighted by atomic mass is 16.5. The first kappa shape index (κ1) is 22.5. The minimum absolute atomic E-state index is 0.00968. The van der Waals surface area contributed by atoms with Crippen LogP contribution in [0.15, 0.2) is 106 Å². The molecular formula is C31H26O4. The van der Waals surface area contributed by atoms with Gasteiger partial charge in [0, 0.05) is 24.5 Å². The monoisotopic (exact) mass is 462 g/mol. The molecule has 0 unspecified atom stereocenters. The van der Waals surface area contributed by atoms with Crippen LogP contribution in [-0.4, -0.2) is 14.2 Å². The number of ether oxygens (including phenoxy) is 2. The summed E-state index contributed by atoms with van der Waals surface area (Å²) >= 11 is 0. The topological polar surface area (TPSA) is 48.7 Å². The van der Waals surface area contributed by atoms with Gasteiger partial charge in [0.1, 0.15) is 22.8 Å². The van der Waals surface area contributed by atoms with E-state index in [-0.39, 0.29) is 5.43 Å². The lowest BCUT2D eigenvalue weighted by Gasteiger charge is -2.12. The quantitative estimate of drug-likeness (QED) is 0.271. The predicted molar refractivity (Wildman–Crippen MR) is 140 cm³/mol. The lowest BCUT2D eigenvalue weighted by atomic mass is 9.97. The van der Waals surface area contributed by atoms with Crippen LogP contribution in [0.3, 0.4) is 0 Å². The standard InChI is InChI=1S/C31H26O4/c1-33-25-14-10-22(11-15-25)19-29-28(31(32)27-17-16-26(34-2)20-30(27)35-29)18-21-8-12-24(13-9-21)23-6-4-3-5-7-23/h3-17,20H,18-19H2,1-2H3. The Hall–Kier alpha value is -4.31. The third kappa shape index (κ3) is 4.82. The Morgan fingerprint density at radius 2 is 1.26 bits per heavy atom. The van der Waals surface area contributed by atoms with Crippen molar-refractivity contribution in [2.24, 2.45) is 0 Å². The summed E-state index contributed by atoms with van der Waals surface area (Å²) in [6.07, 6.45) is 0.995. The van der Waals surface area contributed by atoms with Gasteiger partial charge >= 0.3 is 0 Å². The molecule has 4 heteroatoms. The summed E-state index contributed by atoms with van der Waals surface area (Å²) in [6.45, 7) is 0. The van der Waals surface area contributed by atoms with Crippen LogP contribution < -0.4 is 14.9 Å². The number of hydrogen-bond acceptors (Lipinski definition) is 4. The molecule has 0 radical (unpaired) electrons. The van der Waals surface area contributed by atoms with Gasteiger partial charge in [-0.1, -0.05) is 66.7 Å². The van der Waals surface area contributed by atoms with E-state index in [0.29, 0.717) is 40.9 Å². The van der Waals surface area contributed by atoms with Gasteiger partial charge in [-0.3, -0.25) is 4.79 Å². The van der Waals surface area contributed by atoms with Crippen LogP contribution in [0.5, 0.6) is 11.5 Å². The van der Waals surface area contributed by atoms with Gasteiger partial charge < -0.3 is 13.9 Å². The second-order valence-electron chi connectivity index (χ2n) is 8.46. The molecule has 0 spiro atoms. The lowest BCUT2D eigenvalue weighted by Crippen LogP contribution is -2.14. The Labute approximate surface area is 204 Å². The van der Waals surface area contributed by atoms with Crippen LogP contribution in [0.2, 0.25) is 0 Å². The highest BCUT2D eigenvalue weighted by Crippen LogP contribution is 2.26. The van der Waals surface area contributed by atoms with Crippen molar-refractivity contribution in [1.29, 1.82) is 0 Å². The molecule has 1 heterocycles. The van der Waals surface area contributed by atoms with Gasteiger partial charge in [-0.25, -0.2) is 0 Å². The van der Waals surface area contributed by atoms with E-state index < -0.39 is 0 Å².